The van der Waals surface area contributed by atoms with Crippen LogP contribution in [0.15, 0.2) is 41.1 Å². The molecule has 5 heteroatoms. The van der Waals surface area contributed by atoms with Gasteiger partial charge in [0.15, 0.2) is 0 Å². The maximum absolute atomic E-state index is 11.6. The minimum atomic E-state index is -0.452. The second-order valence-corrected chi connectivity index (χ2v) is 3.28. The van der Waals surface area contributed by atoms with E-state index < -0.39 is 5.97 Å². The fourth-order valence-electron chi connectivity index (χ4n) is 1.34. The van der Waals surface area contributed by atoms with Crippen molar-refractivity contribution in [3.63, 3.8) is 0 Å². The summed E-state index contributed by atoms with van der Waals surface area (Å²) in [6.45, 7) is 2.06. The number of hydrogen-bond donors (Lipinski definition) is 1. The molecule has 17 heavy (non-hydrogen) atoms. The summed E-state index contributed by atoms with van der Waals surface area (Å²) in [6.07, 6.45) is 1.34. The molecule has 88 valence electrons. The summed E-state index contributed by atoms with van der Waals surface area (Å²) in [6, 6.07) is 9.37. The number of carbonyl (C=O) groups excluding carboxylic acids is 1. The molecule has 0 aliphatic rings. The van der Waals surface area contributed by atoms with Gasteiger partial charge in [-0.1, -0.05) is 23.4 Å². The number of nitrogens with one attached hydrogen (secondary N) is 1. The average molecular weight is 232 g/mol. The van der Waals surface area contributed by atoms with E-state index in [0.717, 1.165) is 5.69 Å². The van der Waals surface area contributed by atoms with Crippen molar-refractivity contribution in [3.8, 4) is 0 Å². The minimum Gasteiger partial charge on any atom is -0.462 e. The Morgan fingerprint density at radius 1 is 1.41 bits per heavy atom. The van der Waals surface area contributed by atoms with Crippen molar-refractivity contribution in [3.05, 3.63) is 42.1 Å². The van der Waals surface area contributed by atoms with Gasteiger partial charge in [-0.3, -0.25) is 0 Å². The molecule has 0 amide bonds. The highest BCUT2D eigenvalue weighted by molar-refractivity contribution is 5.94. The third-order valence-corrected chi connectivity index (χ3v) is 2.10. The zero-order chi connectivity index (χ0) is 12.1. The van der Waals surface area contributed by atoms with E-state index in [1.807, 2.05) is 30.3 Å². The van der Waals surface area contributed by atoms with Gasteiger partial charge in [-0.15, -0.1) is 0 Å². The molecular weight excluding hydrogens is 220 g/mol. The molecule has 0 fully saturated rings. The second kappa shape index (κ2) is 5.16. The first kappa shape index (κ1) is 11.2. The molecular formula is C12H12N2O3. The van der Waals surface area contributed by atoms with Gasteiger partial charge in [-0.05, 0) is 19.1 Å². The molecule has 0 spiro atoms. The van der Waals surface area contributed by atoms with Gasteiger partial charge in [0, 0.05) is 5.69 Å². The molecule has 1 heterocycles. The highest BCUT2D eigenvalue weighted by Gasteiger charge is 2.17. The number of rotatable bonds is 4. The summed E-state index contributed by atoms with van der Waals surface area (Å²) in [5.74, 6) is -0.165. The molecule has 2 rings (SSSR count). The van der Waals surface area contributed by atoms with Crippen LogP contribution >= 0.6 is 0 Å². The van der Waals surface area contributed by atoms with E-state index in [1.165, 1.54) is 6.20 Å². The number of carbonyl (C=O) groups is 1. The lowest BCUT2D eigenvalue weighted by atomic mass is 10.3. The fourth-order valence-corrected chi connectivity index (χ4v) is 1.34. The molecule has 1 N–H and O–H groups in total. The number of anilines is 2. The molecule has 1 aromatic carbocycles. The van der Waals surface area contributed by atoms with E-state index in [2.05, 4.69) is 10.5 Å². The normalized spacial score (nSPS) is 9.94. The SMILES string of the molecule is CCOC(=O)c1cnoc1Nc1ccccc1. The smallest absolute Gasteiger partial charge is 0.345 e. The Bertz CT molecular complexity index is 493. The Labute approximate surface area is 98.4 Å². The summed E-state index contributed by atoms with van der Waals surface area (Å²) < 4.78 is 9.86. The summed E-state index contributed by atoms with van der Waals surface area (Å²) in [5, 5.41) is 6.55. The van der Waals surface area contributed by atoms with Crippen molar-refractivity contribution < 1.29 is 14.1 Å². The molecule has 0 unspecified atom stereocenters. The van der Waals surface area contributed by atoms with Gasteiger partial charge in [0.2, 0.25) is 5.88 Å². The van der Waals surface area contributed by atoms with E-state index in [-0.39, 0.29) is 11.4 Å². The van der Waals surface area contributed by atoms with Crippen LogP contribution in [0, 0.1) is 0 Å². The topological polar surface area (TPSA) is 64.4 Å². The average Bonchev–Trinajstić information content (AvgIpc) is 2.79. The number of esters is 1. The van der Waals surface area contributed by atoms with Crippen LogP contribution in [0.3, 0.4) is 0 Å². The highest BCUT2D eigenvalue weighted by Crippen LogP contribution is 2.20. The van der Waals surface area contributed by atoms with Gasteiger partial charge in [0.25, 0.3) is 0 Å². The van der Waals surface area contributed by atoms with E-state index in [9.17, 15) is 4.79 Å². The highest BCUT2D eigenvalue weighted by atomic mass is 16.5. The predicted octanol–water partition coefficient (Wildman–Crippen LogP) is 2.59. The van der Waals surface area contributed by atoms with Crippen LogP contribution in [-0.4, -0.2) is 17.7 Å². The van der Waals surface area contributed by atoms with Crippen LogP contribution in [-0.2, 0) is 4.74 Å². The lowest BCUT2D eigenvalue weighted by molar-refractivity contribution is 0.0527. The Morgan fingerprint density at radius 3 is 2.88 bits per heavy atom. The third-order valence-electron chi connectivity index (χ3n) is 2.10. The number of para-hydroxylation sites is 1. The van der Waals surface area contributed by atoms with Crippen LogP contribution in [0.4, 0.5) is 11.6 Å². The summed E-state index contributed by atoms with van der Waals surface area (Å²) in [4.78, 5) is 11.6. The maximum atomic E-state index is 11.6. The van der Waals surface area contributed by atoms with E-state index in [4.69, 9.17) is 9.26 Å². The van der Waals surface area contributed by atoms with Gasteiger partial charge in [-0.2, -0.15) is 0 Å². The first-order valence-corrected chi connectivity index (χ1v) is 5.25. The molecule has 0 atom stereocenters. The van der Waals surface area contributed by atoms with Crippen molar-refractivity contribution in [1.82, 2.24) is 5.16 Å². The first-order chi connectivity index (χ1) is 8.31. The molecule has 0 saturated heterocycles. The van der Waals surface area contributed by atoms with Crippen molar-refractivity contribution >= 4 is 17.5 Å². The number of nitrogens with zero attached hydrogens (tertiary/aromatic N) is 1. The van der Waals surface area contributed by atoms with Gasteiger partial charge in [0.05, 0.1) is 12.8 Å². The van der Waals surface area contributed by atoms with Crippen LogP contribution < -0.4 is 5.32 Å². The number of benzene rings is 1. The molecule has 0 aliphatic carbocycles. The lowest BCUT2D eigenvalue weighted by Crippen LogP contribution is -2.05. The molecule has 0 bridgehead atoms. The fraction of sp³-hybridized carbons (Fsp3) is 0.167. The standard InChI is InChI=1S/C12H12N2O3/c1-2-16-12(15)10-8-13-17-11(10)14-9-6-4-3-5-7-9/h3-8,14H,2H2,1H3. The van der Waals surface area contributed by atoms with E-state index in [1.54, 1.807) is 6.92 Å². The summed E-state index contributed by atoms with van der Waals surface area (Å²) in [5.41, 5.74) is 1.10. The molecule has 0 radical (unpaired) electrons. The van der Waals surface area contributed by atoms with Crippen molar-refractivity contribution in [2.75, 3.05) is 11.9 Å². The van der Waals surface area contributed by atoms with Gasteiger partial charge in [0.1, 0.15) is 5.56 Å². The summed E-state index contributed by atoms with van der Waals surface area (Å²) in [7, 11) is 0. The largest absolute Gasteiger partial charge is 0.462 e. The summed E-state index contributed by atoms with van der Waals surface area (Å²) >= 11 is 0. The second-order valence-electron chi connectivity index (χ2n) is 3.28. The van der Waals surface area contributed by atoms with Crippen molar-refractivity contribution in [2.45, 2.75) is 6.92 Å². The first-order valence-electron chi connectivity index (χ1n) is 5.25. The molecule has 5 nitrogen and oxygen atoms in total. The molecule has 0 saturated carbocycles. The molecule has 2 aromatic rings. The van der Waals surface area contributed by atoms with Crippen LogP contribution in [0.2, 0.25) is 0 Å². The Morgan fingerprint density at radius 2 is 2.18 bits per heavy atom. The van der Waals surface area contributed by atoms with Crippen LogP contribution in [0.5, 0.6) is 0 Å². The van der Waals surface area contributed by atoms with Gasteiger partial charge in [-0.25, -0.2) is 4.79 Å². The Kier molecular flexibility index (Phi) is 3.40. The van der Waals surface area contributed by atoms with E-state index >= 15 is 0 Å². The lowest BCUT2D eigenvalue weighted by Gasteiger charge is -2.04. The number of hydrogen-bond acceptors (Lipinski definition) is 5. The number of ether oxygens (including phenoxy) is 1. The van der Waals surface area contributed by atoms with Gasteiger partial charge >= 0.3 is 5.97 Å². The van der Waals surface area contributed by atoms with E-state index in [0.29, 0.717) is 6.61 Å². The predicted molar refractivity (Wildman–Crippen MR) is 62.2 cm³/mol. The van der Waals surface area contributed by atoms with Crippen molar-refractivity contribution in [2.24, 2.45) is 0 Å². The zero-order valence-electron chi connectivity index (χ0n) is 9.34. The maximum Gasteiger partial charge on any atom is 0.345 e. The monoisotopic (exact) mass is 232 g/mol. The Hall–Kier alpha value is -2.30. The zero-order valence-corrected chi connectivity index (χ0v) is 9.34. The van der Waals surface area contributed by atoms with Crippen molar-refractivity contribution in [1.29, 1.82) is 0 Å². The third kappa shape index (κ3) is 2.63. The molecule has 1 aromatic heterocycles. The quantitative estimate of drug-likeness (QED) is 0.821. The minimum absolute atomic E-state index is 0.287. The number of aromatic nitrogens is 1. The van der Waals surface area contributed by atoms with Gasteiger partial charge < -0.3 is 14.6 Å². The van der Waals surface area contributed by atoms with Crippen LogP contribution in [0.25, 0.3) is 0 Å². The Balaban J connectivity index is 2.17. The van der Waals surface area contributed by atoms with Crippen LogP contribution in [0.1, 0.15) is 17.3 Å². The molecule has 0 aliphatic heterocycles.